The number of carbonyl (C=O) groups excluding carboxylic acids is 2. The fourth-order valence-electron chi connectivity index (χ4n) is 2.45. The summed E-state index contributed by atoms with van der Waals surface area (Å²) in [5.41, 5.74) is 1.49. The second-order valence-corrected chi connectivity index (χ2v) is 7.37. The highest BCUT2D eigenvalue weighted by Crippen LogP contribution is 2.25. The molecule has 0 atom stereocenters. The predicted octanol–water partition coefficient (Wildman–Crippen LogP) is 5.02. The lowest BCUT2D eigenvalue weighted by Crippen LogP contribution is -2.24. The molecule has 5 nitrogen and oxygen atoms in total. The Bertz CT molecular complexity index is 806. The van der Waals surface area contributed by atoms with Crippen LogP contribution in [0.1, 0.15) is 54.3 Å². The Hall–Kier alpha value is -2.34. The van der Waals surface area contributed by atoms with Crippen LogP contribution in [0, 0.1) is 0 Å². The maximum absolute atomic E-state index is 12.7. The van der Waals surface area contributed by atoms with Crippen LogP contribution in [0.4, 0.5) is 5.69 Å². The van der Waals surface area contributed by atoms with E-state index in [0.29, 0.717) is 29.1 Å². The third kappa shape index (κ3) is 6.40. The summed E-state index contributed by atoms with van der Waals surface area (Å²) in [4.78, 5) is 24.9. The van der Waals surface area contributed by atoms with E-state index in [1.54, 1.807) is 36.4 Å². The first kappa shape index (κ1) is 21.0. The van der Waals surface area contributed by atoms with Crippen molar-refractivity contribution in [3.63, 3.8) is 0 Å². The largest absolute Gasteiger partial charge is 0.490 e. The summed E-state index contributed by atoms with van der Waals surface area (Å²) in [6.07, 6.45) is 1.90. The smallest absolute Gasteiger partial charge is 0.259 e. The van der Waals surface area contributed by atoms with Gasteiger partial charge in [0, 0.05) is 22.3 Å². The molecule has 0 fully saturated rings. The van der Waals surface area contributed by atoms with E-state index in [-0.39, 0.29) is 17.9 Å². The van der Waals surface area contributed by atoms with E-state index in [4.69, 9.17) is 4.74 Å². The van der Waals surface area contributed by atoms with Gasteiger partial charge in [0.2, 0.25) is 0 Å². The molecule has 0 spiro atoms. The third-order valence-electron chi connectivity index (χ3n) is 3.75. The summed E-state index contributed by atoms with van der Waals surface area (Å²) in [6.45, 7) is 6.52. The van der Waals surface area contributed by atoms with E-state index in [1.165, 1.54) is 0 Å². The van der Waals surface area contributed by atoms with Crippen LogP contribution in [-0.2, 0) is 0 Å². The van der Waals surface area contributed by atoms with Crippen molar-refractivity contribution in [1.82, 2.24) is 5.32 Å². The van der Waals surface area contributed by atoms with Gasteiger partial charge in [0.1, 0.15) is 5.75 Å². The Labute approximate surface area is 168 Å². The molecule has 0 unspecified atom stereocenters. The zero-order chi connectivity index (χ0) is 19.8. The van der Waals surface area contributed by atoms with Gasteiger partial charge in [-0.25, -0.2) is 0 Å². The number of rotatable bonds is 8. The first-order valence-corrected chi connectivity index (χ1v) is 9.85. The highest BCUT2D eigenvalue weighted by atomic mass is 79.9. The number of hydrogen-bond donors (Lipinski definition) is 2. The van der Waals surface area contributed by atoms with Crippen LogP contribution in [0.3, 0.4) is 0 Å². The van der Waals surface area contributed by atoms with E-state index in [1.807, 2.05) is 19.9 Å². The van der Waals surface area contributed by atoms with Gasteiger partial charge in [-0.05, 0) is 56.7 Å². The molecule has 0 saturated heterocycles. The van der Waals surface area contributed by atoms with E-state index < -0.39 is 0 Å². The summed E-state index contributed by atoms with van der Waals surface area (Å²) in [5.74, 6) is 0.0699. The molecule has 0 aliphatic heterocycles. The number of hydrogen-bond acceptors (Lipinski definition) is 3. The van der Waals surface area contributed by atoms with Crippen LogP contribution in [0.15, 0.2) is 46.9 Å². The van der Waals surface area contributed by atoms with Crippen molar-refractivity contribution in [3.05, 3.63) is 58.1 Å². The molecule has 2 amide bonds. The Morgan fingerprint density at radius 1 is 1.11 bits per heavy atom. The average molecular weight is 433 g/mol. The van der Waals surface area contributed by atoms with Crippen molar-refractivity contribution in [2.45, 2.75) is 39.7 Å². The minimum absolute atomic E-state index is 0.0483. The number of benzene rings is 2. The molecule has 2 aromatic carbocycles. The van der Waals surface area contributed by atoms with Crippen LogP contribution >= 0.6 is 15.9 Å². The third-order valence-corrected chi connectivity index (χ3v) is 4.24. The van der Waals surface area contributed by atoms with Crippen LogP contribution in [0.25, 0.3) is 0 Å². The Kier molecular flexibility index (Phi) is 7.85. The van der Waals surface area contributed by atoms with Crippen LogP contribution in [0.2, 0.25) is 0 Å². The minimum atomic E-state index is -0.296. The first-order valence-electron chi connectivity index (χ1n) is 9.06. The van der Waals surface area contributed by atoms with E-state index in [2.05, 4.69) is 33.5 Å². The molecule has 2 N–H and O–H groups in total. The van der Waals surface area contributed by atoms with Crippen LogP contribution in [0.5, 0.6) is 5.75 Å². The Morgan fingerprint density at radius 3 is 2.59 bits per heavy atom. The highest BCUT2D eigenvalue weighted by Gasteiger charge is 2.15. The summed E-state index contributed by atoms with van der Waals surface area (Å²) in [6, 6.07) is 12.2. The van der Waals surface area contributed by atoms with Gasteiger partial charge in [-0.3, -0.25) is 9.59 Å². The number of ether oxygens (including phenoxy) is 1. The minimum Gasteiger partial charge on any atom is -0.490 e. The van der Waals surface area contributed by atoms with E-state index in [9.17, 15) is 9.59 Å². The SMILES string of the molecule is CCCCNC(=O)c1cccc(NC(=O)c2cc(Br)ccc2OC(C)C)c1. The van der Waals surface area contributed by atoms with Gasteiger partial charge in [0.25, 0.3) is 11.8 Å². The Morgan fingerprint density at radius 2 is 1.89 bits per heavy atom. The molecule has 0 bridgehead atoms. The lowest BCUT2D eigenvalue weighted by atomic mass is 10.1. The molecule has 0 saturated carbocycles. The summed E-state index contributed by atoms with van der Waals surface area (Å²) >= 11 is 3.39. The summed E-state index contributed by atoms with van der Waals surface area (Å²) in [7, 11) is 0. The highest BCUT2D eigenvalue weighted by molar-refractivity contribution is 9.10. The molecule has 0 radical (unpaired) electrons. The van der Waals surface area contributed by atoms with Gasteiger partial charge in [-0.2, -0.15) is 0 Å². The van der Waals surface area contributed by atoms with Crippen molar-refractivity contribution in [3.8, 4) is 5.75 Å². The quantitative estimate of drug-likeness (QED) is 0.575. The second-order valence-electron chi connectivity index (χ2n) is 6.45. The standard InChI is InChI=1S/C21H25BrN2O3/c1-4-5-11-23-20(25)15-7-6-8-17(12-15)24-21(26)18-13-16(22)9-10-19(18)27-14(2)3/h6-10,12-14H,4-5,11H2,1-3H3,(H,23,25)(H,24,26). The lowest BCUT2D eigenvalue weighted by molar-refractivity contribution is 0.0951. The molecule has 144 valence electrons. The number of anilines is 1. The molecule has 0 heterocycles. The van der Waals surface area contributed by atoms with Crippen molar-refractivity contribution < 1.29 is 14.3 Å². The number of unbranched alkanes of at least 4 members (excludes halogenated alkanes) is 1. The van der Waals surface area contributed by atoms with Gasteiger partial charge in [-0.15, -0.1) is 0 Å². The van der Waals surface area contributed by atoms with Crippen molar-refractivity contribution in [1.29, 1.82) is 0 Å². The van der Waals surface area contributed by atoms with Crippen molar-refractivity contribution in [2.75, 3.05) is 11.9 Å². The predicted molar refractivity (Wildman–Crippen MR) is 112 cm³/mol. The molecule has 6 heteroatoms. The molecule has 0 aromatic heterocycles. The second kappa shape index (κ2) is 10.1. The maximum atomic E-state index is 12.7. The molecule has 0 aliphatic carbocycles. The monoisotopic (exact) mass is 432 g/mol. The molecular formula is C21H25BrN2O3. The molecule has 2 rings (SSSR count). The summed E-state index contributed by atoms with van der Waals surface area (Å²) in [5, 5.41) is 5.71. The van der Waals surface area contributed by atoms with Gasteiger partial charge in [0.15, 0.2) is 0 Å². The number of halogens is 1. The topological polar surface area (TPSA) is 67.4 Å². The number of nitrogens with one attached hydrogen (secondary N) is 2. The molecule has 0 aliphatic rings. The zero-order valence-corrected chi connectivity index (χ0v) is 17.4. The van der Waals surface area contributed by atoms with E-state index >= 15 is 0 Å². The van der Waals surface area contributed by atoms with Crippen molar-refractivity contribution in [2.24, 2.45) is 0 Å². The van der Waals surface area contributed by atoms with Gasteiger partial charge in [-0.1, -0.05) is 35.3 Å². The lowest BCUT2D eigenvalue weighted by Gasteiger charge is -2.15. The fourth-order valence-corrected chi connectivity index (χ4v) is 2.81. The number of amides is 2. The van der Waals surface area contributed by atoms with Crippen LogP contribution in [-0.4, -0.2) is 24.5 Å². The van der Waals surface area contributed by atoms with E-state index in [0.717, 1.165) is 17.3 Å². The molecular weight excluding hydrogens is 408 g/mol. The van der Waals surface area contributed by atoms with Gasteiger partial charge in [0.05, 0.1) is 11.7 Å². The summed E-state index contributed by atoms with van der Waals surface area (Å²) < 4.78 is 6.52. The van der Waals surface area contributed by atoms with Gasteiger partial charge >= 0.3 is 0 Å². The van der Waals surface area contributed by atoms with Gasteiger partial charge < -0.3 is 15.4 Å². The van der Waals surface area contributed by atoms with Crippen LogP contribution < -0.4 is 15.4 Å². The zero-order valence-electron chi connectivity index (χ0n) is 15.8. The molecule has 27 heavy (non-hydrogen) atoms. The molecule has 2 aromatic rings. The maximum Gasteiger partial charge on any atom is 0.259 e. The number of carbonyl (C=O) groups is 2. The normalized spacial score (nSPS) is 10.6. The first-order chi connectivity index (χ1) is 12.9. The Balaban J connectivity index is 2.15. The van der Waals surface area contributed by atoms with Crippen molar-refractivity contribution >= 4 is 33.4 Å². The average Bonchev–Trinajstić information content (AvgIpc) is 2.63. The fraction of sp³-hybridized carbons (Fsp3) is 0.333.